The normalized spacial score (nSPS) is 21.2. The molecule has 1 heterocycles. The molecule has 1 atom stereocenters. The second kappa shape index (κ2) is 6.09. The van der Waals surface area contributed by atoms with Crippen molar-refractivity contribution in [3.8, 4) is 0 Å². The van der Waals surface area contributed by atoms with Gasteiger partial charge in [0.05, 0.1) is 5.69 Å². The Labute approximate surface area is 118 Å². The van der Waals surface area contributed by atoms with Crippen LogP contribution in [0.5, 0.6) is 0 Å². The molecule has 3 N–H and O–H groups in total. The molecule has 6 heteroatoms. The maximum absolute atomic E-state index is 14.2. The number of nitrogens with zero attached hydrogens (tertiary/aromatic N) is 3. The van der Waals surface area contributed by atoms with Gasteiger partial charge in [0, 0.05) is 31.2 Å². The van der Waals surface area contributed by atoms with E-state index in [1.54, 1.807) is 12.1 Å². The zero-order valence-electron chi connectivity index (χ0n) is 11.9. The molecule has 5 nitrogen and oxygen atoms in total. The van der Waals surface area contributed by atoms with E-state index in [1.165, 1.54) is 6.07 Å². The van der Waals surface area contributed by atoms with Gasteiger partial charge >= 0.3 is 0 Å². The largest absolute Gasteiger partial charge is 0.409 e. The summed E-state index contributed by atoms with van der Waals surface area (Å²) >= 11 is 0. The standard InChI is InChI=1S/C14H21FN4O/c1-3-11-9-19(7-6-18(11)2)13-5-4-10(8-12(13)15)14(16)17-20/h4-5,8,11,20H,3,6-7,9H2,1-2H3,(H2,16,17). The van der Waals surface area contributed by atoms with E-state index in [4.69, 9.17) is 10.9 Å². The van der Waals surface area contributed by atoms with Crippen LogP contribution >= 0.6 is 0 Å². The van der Waals surface area contributed by atoms with E-state index in [1.807, 2.05) is 0 Å². The first-order valence-corrected chi connectivity index (χ1v) is 6.79. The van der Waals surface area contributed by atoms with E-state index in [0.29, 0.717) is 17.3 Å². The molecule has 0 aromatic heterocycles. The lowest BCUT2D eigenvalue weighted by molar-refractivity contribution is 0.213. The fourth-order valence-electron chi connectivity index (χ4n) is 2.59. The Kier molecular flexibility index (Phi) is 4.44. The third-order valence-electron chi connectivity index (χ3n) is 3.94. The summed E-state index contributed by atoms with van der Waals surface area (Å²) in [6.07, 6.45) is 1.04. The zero-order valence-corrected chi connectivity index (χ0v) is 11.9. The molecule has 0 saturated carbocycles. The summed E-state index contributed by atoms with van der Waals surface area (Å²) in [5, 5.41) is 11.5. The summed E-state index contributed by atoms with van der Waals surface area (Å²) in [4.78, 5) is 4.36. The van der Waals surface area contributed by atoms with E-state index in [2.05, 4.69) is 28.9 Å². The molecule has 1 aliphatic rings. The van der Waals surface area contributed by atoms with Crippen LogP contribution in [0.25, 0.3) is 0 Å². The van der Waals surface area contributed by atoms with Crippen molar-refractivity contribution in [2.45, 2.75) is 19.4 Å². The van der Waals surface area contributed by atoms with E-state index in [9.17, 15) is 4.39 Å². The Morgan fingerprint density at radius 2 is 2.25 bits per heavy atom. The lowest BCUT2D eigenvalue weighted by Crippen LogP contribution is -2.51. The number of hydrogen-bond acceptors (Lipinski definition) is 4. The van der Waals surface area contributed by atoms with Gasteiger partial charge in [-0.25, -0.2) is 4.39 Å². The van der Waals surface area contributed by atoms with Crippen molar-refractivity contribution in [1.82, 2.24) is 4.90 Å². The molecule has 1 unspecified atom stereocenters. The summed E-state index contributed by atoms with van der Waals surface area (Å²) in [5.41, 5.74) is 6.43. The van der Waals surface area contributed by atoms with Crippen LogP contribution < -0.4 is 10.6 Å². The molecule has 1 aromatic carbocycles. The van der Waals surface area contributed by atoms with Gasteiger partial charge in [0.15, 0.2) is 5.84 Å². The molecule has 1 fully saturated rings. The summed E-state index contributed by atoms with van der Waals surface area (Å²) < 4.78 is 14.2. The maximum atomic E-state index is 14.2. The second-order valence-electron chi connectivity index (χ2n) is 5.14. The Morgan fingerprint density at radius 1 is 1.50 bits per heavy atom. The molecule has 20 heavy (non-hydrogen) atoms. The van der Waals surface area contributed by atoms with Gasteiger partial charge in [-0.3, -0.25) is 4.90 Å². The topological polar surface area (TPSA) is 65.1 Å². The predicted octanol–water partition coefficient (Wildman–Crippen LogP) is 1.45. The van der Waals surface area contributed by atoms with Gasteiger partial charge in [-0.05, 0) is 31.7 Å². The molecule has 0 radical (unpaired) electrons. The third-order valence-corrected chi connectivity index (χ3v) is 3.94. The molecular weight excluding hydrogens is 259 g/mol. The van der Waals surface area contributed by atoms with Gasteiger partial charge in [0.25, 0.3) is 0 Å². The van der Waals surface area contributed by atoms with Gasteiger partial charge in [-0.15, -0.1) is 0 Å². The fourth-order valence-corrected chi connectivity index (χ4v) is 2.59. The predicted molar refractivity (Wildman–Crippen MR) is 77.8 cm³/mol. The molecule has 110 valence electrons. The Bertz CT molecular complexity index is 506. The third kappa shape index (κ3) is 2.85. The number of piperazine rings is 1. The molecule has 1 saturated heterocycles. The molecule has 0 spiro atoms. The van der Waals surface area contributed by atoms with Gasteiger partial charge < -0.3 is 15.8 Å². The lowest BCUT2D eigenvalue weighted by Gasteiger charge is -2.40. The SMILES string of the molecule is CCC1CN(c2ccc(C(N)=NO)cc2F)CCN1C. The molecule has 0 amide bonds. The number of benzene rings is 1. The number of hydrogen-bond donors (Lipinski definition) is 2. The minimum absolute atomic E-state index is 0.0831. The Balaban J connectivity index is 2.21. The van der Waals surface area contributed by atoms with Crippen LogP contribution in [0, 0.1) is 5.82 Å². The number of rotatable bonds is 3. The summed E-state index contributed by atoms with van der Waals surface area (Å²) in [6, 6.07) is 5.11. The highest BCUT2D eigenvalue weighted by Gasteiger charge is 2.24. The van der Waals surface area contributed by atoms with Crippen molar-refractivity contribution < 1.29 is 9.60 Å². The molecule has 1 aliphatic heterocycles. The van der Waals surface area contributed by atoms with E-state index < -0.39 is 0 Å². The van der Waals surface area contributed by atoms with Crippen LogP contribution in [0.4, 0.5) is 10.1 Å². The fraction of sp³-hybridized carbons (Fsp3) is 0.500. The molecule has 0 bridgehead atoms. The van der Waals surface area contributed by atoms with Crippen molar-refractivity contribution in [3.05, 3.63) is 29.6 Å². The maximum Gasteiger partial charge on any atom is 0.170 e. The molecular formula is C14H21FN4O. The van der Waals surface area contributed by atoms with Crippen LogP contribution in [-0.2, 0) is 0 Å². The van der Waals surface area contributed by atoms with Crippen molar-refractivity contribution in [2.75, 3.05) is 31.6 Å². The van der Waals surface area contributed by atoms with E-state index in [-0.39, 0.29) is 11.7 Å². The average Bonchev–Trinajstić information content (AvgIpc) is 2.47. The Morgan fingerprint density at radius 3 is 2.85 bits per heavy atom. The van der Waals surface area contributed by atoms with Gasteiger partial charge in [0.2, 0.25) is 0 Å². The lowest BCUT2D eigenvalue weighted by atomic mass is 10.1. The quantitative estimate of drug-likeness (QED) is 0.381. The number of anilines is 1. The zero-order chi connectivity index (χ0) is 14.7. The number of oxime groups is 1. The molecule has 1 aromatic rings. The van der Waals surface area contributed by atoms with Crippen LogP contribution in [0.3, 0.4) is 0 Å². The molecule has 0 aliphatic carbocycles. The highest BCUT2D eigenvalue weighted by molar-refractivity contribution is 5.97. The summed E-state index contributed by atoms with van der Waals surface area (Å²) in [5.74, 6) is -0.422. The van der Waals surface area contributed by atoms with E-state index in [0.717, 1.165) is 26.1 Å². The number of nitrogens with two attached hydrogens (primary N) is 1. The number of amidine groups is 1. The smallest absolute Gasteiger partial charge is 0.170 e. The van der Waals surface area contributed by atoms with Crippen LogP contribution in [0.2, 0.25) is 0 Å². The van der Waals surface area contributed by atoms with Gasteiger partial charge in [0.1, 0.15) is 5.82 Å². The first kappa shape index (κ1) is 14.6. The first-order valence-electron chi connectivity index (χ1n) is 6.79. The number of likely N-dealkylation sites (N-methyl/N-ethyl adjacent to an activating group) is 1. The summed E-state index contributed by atoms with van der Waals surface area (Å²) in [6.45, 7) is 4.67. The minimum atomic E-state index is -0.339. The highest BCUT2D eigenvalue weighted by Crippen LogP contribution is 2.24. The monoisotopic (exact) mass is 280 g/mol. The van der Waals surface area contributed by atoms with Crippen molar-refractivity contribution in [1.29, 1.82) is 0 Å². The van der Waals surface area contributed by atoms with Crippen molar-refractivity contribution in [3.63, 3.8) is 0 Å². The van der Waals surface area contributed by atoms with E-state index >= 15 is 0 Å². The van der Waals surface area contributed by atoms with Crippen molar-refractivity contribution >= 4 is 11.5 Å². The number of halogens is 1. The van der Waals surface area contributed by atoms with Crippen LogP contribution in [0.1, 0.15) is 18.9 Å². The van der Waals surface area contributed by atoms with Gasteiger partial charge in [-0.2, -0.15) is 0 Å². The van der Waals surface area contributed by atoms with Crippen molar-refractivity contribution in [2.24, 2.45) is 10.9 Å². The second-order valence-corrected chi connectivity index (χ2v) is 5.14. The van der Waals surface area contributed by atoms with Crippen LogP contribution in [-0.4, -0.2) is 48.7 Å². The average molecular weight is 280 g/mol. The highest BCUT2D eigenvalue weighted by atomic mass is 19.1. The minimum Gasteiger partial charge on any atom is -0.409 e. The first-order chi connectivity index (χ1) is 9.56. The summed E-state index contributed by atoms with van der Waals surface area (Å²) in [7, 11) is 2.10. The van der Waals surface area contributed by atoms with Crippen LogP contribution in [0.15, 0.2) is 23.4 Å². The Hall–Kier alpha value is -1.82. The molecule has 2 rings (SSSR count). The van der Waals surface area contributed by atoms with Gasteiger partial charge in [-0.1, -0.05) is 12.1 Å².